The van der Waals surface area contributed by atoms with Crippen molar-refractivity contribution in [2.45, 2.75) is 17.2 Å². The Bertz CT molecular complexity index is 1090. The molecule has 1 aromatic heterocycles. The number of nitrogens with one attached hydrogen (secondary N) is 2. The minimum Gasteiger partial charge on any atom is -0.493 e. The quantitative estimate of drug-likeness (QED) is 0.314. The molecule has 33 heavy (non-hydrogen) atoms. The predicted molar refractivity (Wildman–Crippen MR) is 126 cm³/mol. The van der Waals surface area contributed by atoms with Crippen molar-refractivity contribution in [2.75, 3.05) is 31.8 Å². The number of hydrogen-bond acceptors (Lipinski definition) is 8. The second-order valence-electron chi connectivity index (χ2n) is 6.80. The lowest BCUT2D eigenvalue weighted by Gasteiger charge is -2.10. The van der Waals surface area contributed by atoms with Gasteiger partial charge in [-0.25, -0.2) is 4.39 Å². The van der Waals surface area contributed by atoms with E-state index in [0.29, 0.717) is 39.5 Å². The lowest BCUT2D eigenvalue weighted by molar-refractivity contribution is -0.118. The van der Waals surface area contributed by atoms with E-state index in [1.165, 1.54) is 35.2 Å². The number of halogens is 1. The number of anilines is 1. The minimum atomic E-state index is -0.352. The van der Waals surface area contributed by atoms with E-state index in [1.54, 1.807) is 26.4 Å². The van der Waals surface area contributed by atoms with Crippen LogP contribution in [0, 0.1) is 5.82 Å². The topological polar surface area (TPSA) is 102 Å². The molecule has 0 radical (unpaired) electrons. The van der Waals surface area contributed by atoms with E-state index in [1.807, 2.05) is 18.2 Å². The van der Waals surface area contributed by atoms with Crippen LogP contribution in [-0.2, 0) is 22.4 Å². The van der Waals surface area contributed by atoms with Crippen molar-refractivity contribution in [3.63, 3.8) is 0 Å². The van der Waals surface area contributed by atoms with E-state index in [2.05, 4.69) is 20.8 Å². The van der Waals surface area contributed by atoms with E-state index in [9.17, 15) is 14.0 Å². The van der Waals surface area contributed by atoms with Gasteiger partial charge >= 0.3 is 0 Å². The highest BCUT2D eigenvalue weighted by Crippen LogP contribution is 2.28. The third-order valence-electron chi connectivity index (χ3n) is 4.44. The number of benzene rings is 2. The molecule has 11 heteroatoms. The Morgan fingerprint density at radius 2 is 1.73 bits per heavy atom. The first-order valence-corrected chi connectivity index (χ1v) is 11.7. The van der Waals surface area contributed by atoms with Crippen LogP contribution < -0.4 is 20.1 Å². The van der Waals surface area contributed by atoms with Crippen LogP contribution in [0.2, 0.25) is 0 Å². The molecule has 1 heterocycles. The summed E-state index contributed by atoms with van der Waals surface area (Å²) in [5, 5.41) is 13.8. The number of thioether (sulfide) groups is 1. The molecule has 3 rings (SSSR count). The summed E-state index contributed by atoms with van der Waals surface area (Å²) in [4.78, 5) is 24.2. The normalized spacial score (nSPS) is 10.5. The Balaban J connectivity index is 1.38. The van der Waals surface area contributed by atoms with Crippen molar-refractivity contribution in [3.05, 3.63) is 59.4 Å². The van der Waals surface area contributed by atoms with Gasteiger partial charge in [0.1, 0.15) is 5.82 Å². The Kier molecular flexibility index (Phi) is 9.02. The van der Waals surface area contributed by atoms with Crippen molar-refractivity contribution in [1.82, 2.24) is 15.5 Å². The fraction of sp³-hybridized carbons (Fsp3) is 0.273. The van der Waals surface area contributed by atoms with Crippen molar-refractivity contribution in [3.8, 4) is 11.5 Å². The van der Waals surface area contributed by atoms with Crippen LogP contribution in [0.1, 0.15) is 11.1 Å². The number of nitrogens with zero attached hydrogens (tertiary/aromatic N) is 2. The molecule has 0 fully saturated rings. The number of ether oxygens (including phenoxy) is 2. The SMILES string of the molecule is COc1ccc(CCNC(=O)CSc2nnc(NC(=O)Cc3ccc(F)cc3)s2)cc1OC. The van der Waals surface area contributed by atoms with Crippen molar-refractivity contribution in [1.29, 1.82) is 0 Å². The molecule has 0 saturated carbocycles. The number of aromatic nitrogens is 2. The van der Waals surface area contributed by atoms with E-state index < -0.39 is 0 Å². The third kappa shape index (κ3) is 7.72. The maximum Gasteiger partial charge on any atom is 0.230 e. The van der Waals surface area contributed by atoms with E-state index in [4.69, 9.17) is 9.47 Å². The van der Waals surface area contributed by atoms with Gasteiger partial charge < -0.3 is 20.1 Å². The fourth-order valence-electron chi connectivity index (χ4n) is 2.83. The summed E-state index contributed by atoms with van der Waals surface area (Å²) in [5.74, 6) is 0.734. The second kappa shape index (κ2) is 12.2. The second-order valence-corrected chi connectivity index (χ2v) is 9.00. The first kappa shape index (κ1) is 24.5. The average Bonchev–Trinajstić information content (AvgIpc) is 3.26. The van der Waals surface area contributed by atoms with Gasteiger partial charge in [0.05, 0.1) is 26.4 Å². The van der Waals surface area contributed by atoms with Gasteiger partial charge in [-0.05, 0) is 41.8 Å². The zero-order valence-electron chi connectivity index (χ0n) is 18.1. The Morgan fingerprint density at radius 3 is 2.45 bits per heavy atom. The van der Waals surface area contributed by atoms with Gasteiger partial charge in [0.2, 0.25) is 16.9 Å². The van der Waals surface area contributed by atoms with Crippen molar-refractivity contribution in [2.24, 2.45) is 0 Å². The van der Waals surface area contributed by atoms with Crippen LogP contribution >= 0.6 is 23.1 Å². The molecule has 3 aromatic rings. The number of hydrogen-bond donors (Lipinski definition) is 2. The molecule has 0 bridgehead atoms. The molecule has 0 atom stereocenters. The minimum absolute atomic E-state index is 0.102. The van der Waals surface area contributed by atoms with Gasteiger partial charge in [-0.3, -0.25) is 9.59 Å². The van der Waals surface area contributed by atoms with Crippen LogP contribution in [0.15, 0.2) is 46.8 Å². The van der Waals surface area contributed by atoms with E-state index in [-0.39, 0.29) is 29.8 Å². The lowest BCUT2D eigenvalue weighted by Crippen LogP contribution is -2.27. The highest BCUT2D eigenvalue weighted by Gasteiger charge is 2.11. The van der Waals surface area contributed by atoms with E-state index in [0.717, 1.165) is 5.56 Å². The van der Waals surface area contributed by atoms with Crippen LogP contribution in [-0.4, -0.2) is 48.5 Å². The molecule has 2 N–H and O–H groups in total. The smallest absolute Gasteiger partial charge is 0.230 e. The van der Waals surface area contributed by atoms with Crippen molar-refractivity contribution >= 4 is 40.0 Å². The number of methoxy groups -OCH3 is 2. The Labute approximate surface area is 198 Å². The van der Waals surface area contributed by atoms with Crippen LogP contribution in [0.25, 0.3) is 0 Å². The van der Waals surface area contributed by atoms with Gasteiger partial charge in [0, 0.05) is 6.54 Å². The van der Waals surface area contributed by atoms with Crippen LogP contribution in [0.3, 0.4) is 0 Å². The average molecular weight is 491 g/mol. The maximum atomic E-state index is 12.9. The third-order valence-corrected chi connectivity index (χ3v) is 6.41. The predicted octanol–water partition coefficient (Wildman–Crippen LogP) is 3.33. The molecule has 0 saturated heterocycles. The fourth-order valence-corrected chi connectivity index (χ4v) is 4.43. The largest absolute Gasteiger partial charge is 0.493 e. The molecule has 2 aromatic carbocycles. The number of amides is 2. The zero-order chi connectivity index (χ0) is 23.6. The van der Waals surface area contributed by atoms with Crippen LogP contribution in [0.5, 0.6) is 11.5 Å². The van der Waals surface area contributed by atoms with Gasteiger partial charge in [-0.2, -0.15) is 0 Å². The van der Waals surface area contributed by atoms with Gasteiger partial charge in [0.25, 0.3) is 0 Å². The number of rotatable bonds is 11. The van der Waals surface area contributed by atoms with E-state index >= 15 is 0 Å². The molecule has 8 nitrogen and oxygen atoms in total. The monoisotopic (exact) mass is 490 g/mol. The van der Waals surface area contributed by atoms with Gasteiger partial charge in [-0.1, -0.05) is 41.3 Å². The summed E-state index contributed by atoms with van der Waals surface area (Å²) in [7, 11) is 3.16. The summed E-state index contributed by atoms with van der Waals surface area (Å²) >= 11 is 2.43. The molecule has 0 aliphatic carbocycles. The molecule has 0 unspecified atom stereocenters. The number of carbonyl (C=O) groups is 2. The summed E-state index contributed by atoms with van der Waals surface area (Å²) in [6.07, 6.45) is 0.755. The molecule has 0 aliphatic rings. The standard InChI is InChI=1S/C22H23FN4O4S2/c1-30-17-8-5-15(11-18(17)31-2)9-10-24-20(29)13-32-22-27-26-21(33-22)25-19(28)12-14-3-6-16(23)7-4-14/h3-8,11H,9-10,12-13H2,1-2H3,(H,24,29)(H,25,26,28). The van der Waals surface area contributed by atoms with Crippen molar-refractivity contribution < 1.29 is 23.5 Å². The summed E-state index contributed by atoms with van der Waals surface area (Å²) < 4.78 is 24.0. The summed E-state index contributed by atoms with van der Waals surface area (Å²) in [6.45, 7) is 0.482. The molecular weight excluding hydrogens is 467 g/mol. The maximum absolute atomic E-state index is 12.9. The van der Waals surface area contributed by atoms with Crippen LogP contribution in [0.4, 0.5) is 9.52 Å². The van der Waals surface area contributed by atoms with Gasteiger partial charge in [0.15, 0.2) is 15.8 Å². The first-order chi connectivity index (χ1) is 16.0. The highest BCUT2D eigenvalue weighted by molar-refractivity contribution is 8.01. The summed E-state index contributed by atoms with van der Waals surface area (Å²) in [6, 6.07) is 11.4. The first-order valence-electron chi connectivity index (χ1n) is 9.95. The Hall–Kier alpha value is -3.18. The number of carbonyl (C=O) groups excluding carboxylic acids is 2. The molecule has 0 spiro atoms. The lowest BCUT2D eigenvalue weighted by atomic mass is 10.1. The van der Waals surface area contributed by atoms with Gasteiger partial charge in [-0.15, -0.1) is 10.2 Å². The molecule has 2 amide bonds. The Morgan fingerprint density at radius 1 is 1.00 bits per heavy atom. The highest BCUT2D eigenvalue weighted by atomic mass is 32.2. The summed E-state index contributed by atoms with van der Waals surface area (Å²) in [5.41, 5.74) is 1.71. The molecular formula is C22H23FN4O4S2. The zero-order valence-corrected chi connectivity index (χ0v) is 19.7. The molecule has 0 aliphatic heterocycles. The molecule has 174 valence electrons.